The van der Waals surface area contributed by atoms with Crippen LogP contribution in [0.25, 0.3) is 10.9 Å². The molecule has 3 nitrogen and oxygen atoms in total. The molecule has 0 aliphatic carbocycles. The Hall–Kier alpha value is -2.55. The van der Waals surface area contributed by atoms with Crippen LogP contribution in [0.2, 0.25) is 0 Å². The normalized spacial score (nSPS) is 11.7. The van der Waals surface area contributed by atoms with Crippen LogP contribution in [-0.2, 0) is 12.0 Å². The summed E-state index contributed by atoms with van der Waals surface area (Å²) in [5, 5.41) is 4.17. The first-order valence-electron chi connectivity index (χ1n) is 8.30. The summed E-state index contributed by atoms with van der Waals surface area (Å²) in [6, 6.07) is 16.2. The van der Waals surface area contributed by atoms with Gasteiger partial charge in [-0.3, -0.25) is 4.79 Å². The number of nitrogens with one attached hydrogen (secondary N) is 2. The molecule has 0 aliphatic rings. The molecule has 2 N–H and O–H groups in total. The number of benzene rings is 2. The van der Waals surface area contributed by atoms with Crippen molar-refractivity contribution >= 4 is 16.8 Å². The molecule has 1 heterocycles. The van der Waals surface area contributed by atoms with E-state index in [9.17, 15) is 4.79 Å². The maximum Gasteiger partial charge on any atom is 0.251 e. The van der Waals surface area contributed by atoms with Crippen LogP contribution in [0.5, 0.6) is 0 Å². The third-order valence-corrected chi connectivity index (χ3v) is 4.29. The summed E-state index contributed by atoms with van der Waals surface area (Å²) >= 11 is 0. The maximum atomic E-state index is 12.3. The fraction of sp³-hybridized carbons (Fsp3) is 0.286. The topological polar surface area (TPSA) is 44.9 Å². The second-order valence-corrected chi connectivity index (χ2v) is 7.38. The Morgan fingerprint density at radius 1 is 1.04 bits per heavy atom. The number of carbonyl (C=O) groups is 1. The largest absolute Gasteiger partial charge is 0.359 e. The summed E-state index contributed by atoms with van der Waals surface area (Å²) < 4.78 is 0. The lowest BCUT2D eigenvalue weighted by Gasteiger charge is -2.19. The molecule has 0 aliphatic heterocycles. The van der Waals surface area contributed by atoms with Crippen molar-refractivity contribution in [3.05, 3.63) is 70.9 Å². The highest BCUT2D eigenvalue weighted by Crippen LogP contribution is 2.22. The van der Waals surface area contributed by atoms with Gasteiger partial charge in [0, 0.05) is 23.3 Å². The first kappa shape index (κ1) is 16.3. The predicted octanol–water partition coefficient (Wildman–Crippen LogP) is 4.70. The van der Waals surface area contributed by atoms with E-state index in [1.807, 2.05) is 37.3 Å². The van der Waals surface area contributed by atoms with Gasteiger partial charge in [0.1, 0.15) is 0 Å². The number of rotatable bonds is 3. The Balaban J connectivity index is 1.67. The van der Waals surface area contributed by atoms with Crippen LogP contribution in [0.3, 0.4) is 0 Å². The van der Waals surface area contributed by atoms with E-state index in [2.05, 4.69) is 49.3 Å². The molecule has 3 rings (SSSR count). The molecule has 0 unspecified atom stereocenters. The van der Waals surface area contributed by atoms with Crippen molar-refractivity contribution in [1.29, 1.82) is 0 Å². The SMILES string of the molecule is Cc1cc2cc(CNC(=O)c3ccc(C(C)(C)C)cc3)ccc2[nH]1. The lowest BCUT2D eigenvalue weighted by atomic mass is 9.87. The molecular weight excluding hydrogens is 296 g/mol. The van der Waals surface area contributed by atoms with Gasteiger partial charge in [0.15, 0.2) is 0 Å². The molecule has 0 fully saturated rings. The van der Waals surface area contributed by atoms with Crippen LogP contribution >= 0.6 is 0 Å². The van der Waals surface area contributed by atoms with Crippen molar-refractivity contribution in [2.75, 3.05) is 0 Å². The third kappa shape index (κ3) is 3.51. The van der Waals surface area contributed by atoms with Gasteiger partial charge in [0.05, 0.1) is 0 Å². The van der Waals surface area contributed by atoms with E-state index in [1.165, 1.54) is 10.9 Å². The van der Waals surface area contributed by atoms with Crippen LogP contribution in [0.15, 0.2) is 48.5 Å². The molecule has 0 radical (unpaired) electrons. The van der Waals surface area contributed by atoms with Crippen molar-refractivity contribution < 1.29 is 4.79 Å². The molecule has 0 bridgehead atoms. The maximum absolute atomic E-state index is 12.3. The molecule has 3 aromatic rings. The van der Waals surface area contributed by atoms with E-state index in [1.54, 1.807) is 0 Å². The summed E-state index contributed by atoms with van der Waals surface area (Å²) in [7, 11) is 0. The Morgan fingerprint density at radius 2 is 1.75 bits per heavy atom. The van der Waals surface area contributed by atoms with E-state index in [0.717, 1.165) is 16.8 Å². The van der Waals surface area contributed by atoms with Crippen LogP contribution in [0.1, 0.15) is 48.0 Å². The number of aromatic nitrogens is 1. The van der Waals surface area contributed by atoms with Gasteiger partial charge in [0.25, 0.3) is 5.91 Å². The number of hydrogen-bond acceptors (Lipinski definition) is 1. The van der Waals surface area contributed by atoms with Crippen molar-refractivity contribution in [2.24, 2.45) is 0 Å². The molecule has 2 aromatic carbocycles. The van der Waals surface area contributed by atoms with Crippen LogP contribution in [0, 0.1) is 6.92 Å². The second-order valence-electron chi connectivity index (χ2n) is 7.38. The summed E-state index contributed by atoms with van der Waals surface area (Å²) in [5.74, 6) is -0.0409. The van der Waals surface area contributed by atoms with Gasteiger partial charge < -0.3 is 10.3 Å². The van der Waals surface area contributed by atoms with E-state index in [4.69, 9.17) is 0 Å². The summed E-state index contributed by atoms with van der Waals surface area (Å²) in [5.41, 5.74) is 5.39. The number of aryl methyl sites for hydroxylation is 1. The highest BCUT2D eigenvalue weighted by molar-refractivity contribution is 5.94. The fourth-order valence-corrected chi connectivity index (χ4v) is 2.84. The zero-order chi connectivity index (χ0) is 17.3. The molecule has 1 amide bonds. The zero-order valence-corrected chi connectivity index (χ0v) is 14.7. The molecule has 0 saturated heterocycles. The van der Waals surface area contributed by atoms with Gasteiger partial charge >= 0.3 is 0 Å². The number of fused-ring (bicyclic) bond motifs is 1. The molecule has 124 valence electrons. The lowest BCUT2D eigenvalue weighted by Crippen LogP contribution is -2.23. The standard InChI is InChI=1S/C21H24N2O/c1-14-11-17-12-15(5-10-19(17)23-14)13-22-20(24)16-6-8-18(9-7-16)21(2,3)4/h5-12,23H,13H2,1-4H3,(H,22,24). The lowest BCUT2D eigenvalue weighted by molar-refractivity contribution is 0.0951. The highest BCUT2D eigenvalue weighted by Gasteiger charge is 2.14. The summed E-state index contributed by atoms with van der Waals surface area (Å²) in [4.78, 5) is 15.6. The number of hydrogen-bond donors (Lipinski definition) is 2. The minimum absolute atomic E-state index is 0.0409. The minimum atomic E-state index is -0.0409. The molecule has 24 heavy (non-hydrogen) atoms. The number of H-pyrrole nitrogens is 1. The van der Waals surface area contributed by atoms with Crippen molar-refractivity contribution in [3.63, 3.8) is 0 Å². The average Bonchev–Trinajstić information content (AvgIpc) is 2.91. The Labute approximate surface area is 143 Å². The average molecular weight is 320 g/mol. The minimum Gasteiger partial charge on any atom is -0.359 e. The van der Waals surface area contributed by atoms with Gasteiger partial charge in [0.2, 0.25) is 0 Å². The molecule has 0 atom stereocenters. The number of carbonyl (C=O) groups excluding carboxylic acids is 1. The van der Waals surface area contributed by atoms with E-state index < -0.39 is 0 Å². The second kappa shape index (κ2) is 6.16. The molecule has 3 heteroatoms. The first-order chi connectivity index (χ1) is 11.3. The fourth-order valence-electron chi connectivity index (χ4n) is 2.84. The Bertz CT molecular complexity index is 867. The number of amides is 1. The van der Waals surface area contributed by atoms with Gasteiger partial charge in [-0.25, -0.2) is 0 Å². The summed E-state index contributed by atoms with van der Waals surface area (Å²) in [6.07, 6.45) is 0. The monoisotopic (exact) mass is 320 g/mol. The van der Waals surface area contributed by atoms with E-state index in [-0.39, 0.29) is 11.3 Å². The highest BCUT2D eigenvalue weighted by atomic mass is 16.1. The van der Waals surface area contributed by atoms with Crippen molar-refractivity contribution in [3.8, 4) is 0 Å². The van der Waals surface area contributed by atoms with E-state index >= 15 is 0 Å². The van der Waals surface area contributed by atoms with Gasteiger partial charge in [-0.05, 0) is 59.2 Å². The van der Waals surface area contributed by atoms with Gasteiger partial charge in [-0.15, -0.1) is 0 Å². The number of aromatic amines is 1. The van der Waals surface area contributed by atoms with Crippen LogP contribution < -0.4 is 5.32 Å². The smallest absolute Gasteiger partial charge is 0.251 e. The molecule has 0 saturated carbocycles. The Morgan fingerprint density at radius 3 is 2.42 bits per heavy atom. The van der Waals surface area contributed by atoms with Crippen molar-refractivity contribution in [2.45, 2.75) is 39.7 Å². The molecular formula is C21H24N2O. The first-order valence-corrected chi connectivity index (χ1v) is 8.30. The molecule has 1 aromatic heterocycles. The predicted molar refractivity (Wildman–Crippen MR) is 99.3 cm³/mol. The van der Waals surface area contributed by atoms with Crippen molar-refractivity contribution in [1.82, 2.24) is 10.3 Å². The molecule has 0 spiro atoms. The quantitative estimate of drug-likeness (QED) is 0.721. The summed E-state index contributed by atoms with van der Waals surface area (Å²) in [6.45, 7) is 9.07. The van der Waals surface area contributed by atoms with Gasteiger partial charge in [-0.2, -0.15) is 0 Å². The van der Waals surface area contributed by atoms with Crippen LogP contribution in [-0.4, -0.2) is 10.9 Å². The van der Waals surface area contributed by atoms with E-state index in [0.29, 0.717) is 12.1 Å². The van der Waals surface area contributed by atoms with Gasteiger partial charge in [-0.1, -0.05) is 39.0 Å². The third-order valence-electron chi connectivity index (χ3n) is 4.29. The van der Waals surface area contributed by atoms with Crippen LogP contribution in [0.4, 0.5) is 0 Å². The zero-order valence-electron chi connectivity index (χ0n) is 14.7. The Kier molecular flexibility index (Phi) is 4.18.